The van der Waals surface area contributed by atoms with Crippen molar-refractivity contribution in [3.8, 4) is 0 Å². The molecule has 0 saturated heterocycles. The van der Waals surface area contributed by atoms with Crippen LogP contribution in [0.15, 0.2) is 54.6 Å². The molecule has 0 aliphatic heterocycles. The number of urea groups is 1. The van der Waals surface area contributed by atoms with Gasteiger partial charge in [-0.05, 0) is 24.3 Å². The Morgan fingerprint density at radius 2 is 1.75 bits per heavy atom. The molecule has 6 heteroatoms. The number of anilines is 2. The van der Waals surface area contributed by atoms with Crippen LogP contribution < -0.4 is 16.2 Å². The van der Waals surface area contributed by atoms with E-state index in [4.69, 9.17) is 0 Å². The quantitative estimate of drug-likeness (QED) is 0.645. The van der Waals surface area contributed by atoms with Crippen molar-refractivity contribution in [1.82, 2.24) is 10.4 Å². The molecule has 1 aromatic heterocycles. The molecule has 1 heterocycles. The van der Waals surface area contributed by atoms with E-state index in [2.05, 4.69) is 21.2 Å². The Hall–Kier alpha value is -2.60. The van der Waals surface area contributed by atoms with Crippen molar-refractivity contribution >= 4 is 38.4 Å². The number of thiazole rings is 1. The highest BCUT2D eigenvalue weighted by Crippen LogP contribution is 2.25. The molecule has 0 bridgehead atoms. The van der Waals surface area contributed by atoms with E-state index >= 15 is 0 Å². The molecule has 0 radical (unpaired) electrons. The second-order valence-electron chi connectivity index (χ2n) is 4.06. The van der Waals surface area contributed by atoms with E-state index < -0.39 is 0 Å². The molecule has 0 fully saturated rings. The molecule has 0 unspecified atom stereocenters. The number of fused-ring (bicyclic) bond motifs is 1. The first-order valence-corrected chi connectivity index (χ1v) is 6.86. The Labute approximate surface area is 119 Å². The fraction of sp³-hybridized carbons (Fsp3) is 0. The number of hydrazine groups is 1. The number of nitrogens with one attached hydrogen (secondary N) is 3. The fourth-order valence-electron chi connectivity index (χ4n) is 1.70. The van der Waals surface area contributed by atoms with E-state index in [0.717, 1.165) is 15.9 Å². The van der Waals surface area contributed by atoms with Crippen LogP contribution in [0.3, 0.4) is 0 Å². The molecule has 20 heavy (non-hydrogen) atoms. The summed E-state index contributed by atoms with van der Waals surface area (Å²) in [6, 6.07) is 16.8. The Morgan fingerprint density at radius 3 is 2.55 bits per heavy atom. The Bertz CT molecular complexity index is 693. The summed E-state index contributed by atoms with van der Waals surface area (Å²) in [7, 11) is 0. The minimum atomic E-state index is -0.354. The van der Waals surface area contributed by atoms with Crippen molar-refractivity contribution < 1.29 is 4.79 Å². The zero-order valence-electron chi connectivity index (χ0n) is 10.5. The first-order chi connectivity index (χ1) is 9.81. The van der Waals surface area contributed by atoms with Crippen LogP contribution in [0, 0.1) is 0 Å². The number of carbonyl (C=O) groups is 1. The third-order valence-electron chi connectivity index (χ3n) is 2.61. The van der Waals surface area contributed by atoms with Crippen molar-refractivity contribution in [2.75, 3.05) is 10.7 Å². The molecule has 0 saturated carbocycles. The van der Waals surface area contributed by atoms with Crippen molar-refractivity contribution in [3.05, 3.63) is 54.6 Å². The number of rotatable bonds is 3. The highest BCUT2D eigenvalue weighted by atomic mass is 32.1. The predicted octanol–water partition coefficient (Wildman–Crippen LogP) is 3.44. The van der Waals surface area contributed by atoms with E-state index in [1.165, 1.54) is 11.3 Å². The van der Waals surface area contributed by atoms with Gasteiger partial charge in [-0.25, -0.2) is 9.78 Å². The molecule has 2 aromatic carbocycles. The van der Waals surface area contributed by atoms with Crippen molar-refractivity contribution in [3.63, 3.8) is 0 Å². The third-order valence-corrected chi connectivity index (χ3v) is 3.56. The number of para-hydroxylation sites is 2. The van der Waals surface area contributed by atoms with Gasteiger partial charge in [-0.15, -0.1) is 0 Å². The van der Waals surface area contributed by atoms with Crippen LogP contribution in [0.5, 0.6) is 0 Å². The highest BCUT2D eigenvalue weighted by molar-refractivity contribution is 7.22. The minimum Gasteiger partial charge on any atom is -0.297 e. The Kier molecular flexibility index (Phi) is 3.47. The zero-order valence-corrected chi connectivity index (χ0v) is 11.3. The van der Waals surface area contributed by atoms with Gasteiger partial charge >= 0.3 is 6.03 Å². The lowest BCUT2D eigenvalue weighted by Gasteiger charge is -2.07. The average molecular weight is 284 g/mol. The highest BCUT2D eigenvalue weighted by Gasteiger charge is 2.06. The number of hydrogen-bond donors (Lipinski definition) is 3. The summed E-state index contributed by atoms with van der Waals surface area (Å²) < 4.78 is 1.04. The van der Waals surface area contributed by atoms with Gasteiger partial charge in [0.1, 0.15) is 0 Å². The maximum Gasteiger partial charge on any atom is 0.339 e. The van der Waals surface area contributed by atoms with Crippen LogP contribution >= 0.6 is 11.3 Å². The smallest absolute Gasteiger partial charge is 0.297 e. The topological polar surface area (TPSA) is 66.1 Å². The number of hydrogen-bond acceptors (Lipinski definition) is 4. The molecule has 5 nitrogen and oxygen atoms in total. The van der Waals surface area contributed by atoms with E-state index in [9.17, 15) is 4.79 Å². The Balaban J connectivity index is 1.61. The number of nitrogens with zero attached hydrogens (tertiary/aromatic N) is 1. The zero-order chi connectivity index (χ0) is 13.8. The van der Waals surface area contributed by atoms with Crippen LogP contribution in [0.25, 0.3) is 10.2 Å². The number of amides is 2. The molecule has 0 spiro atoms. The summed E-state index contributed by atoms with van der Waals surface area (Å²) in [5, 5.41) is 3.26. The molecular weight excluding hydrogens is 272 g/mol. The fourth-order valence-corrected chi connectivity index (χ4v) is 2.57. The molecule has 3 rings (SSSR count). The first-order valence-electron chi connectivity index (χ1n) is 6.05. The van der Waals surface area contributed by atoms with Gasteiger partial charge in [-0.1, -0.05) is 41.7 Å². The van der Waals surface area contributed by atoms with E-state index in [-0.39, 0.29) is 6.03 Å². The summed E-state index contributed by atoms with van der Waals surface area (Å²) in [6.45, 7) is 0. The van der Waals surface area contributed by atoms with Gasteiger partial charge in [0.15, 0.2) is 5.13 Å². The normalized spacial score (nSPS) is 10.2. The maximum absolute atomic E-state index is 11.7. The second kappa shape index (κ2) is 5.58. The molecule has 3 N–H and O–H groups in total. The van der Waals surface area contributed by atoms with Gasteiger partial charge in [0.2, 0.25) is 0 Å². The van der Waals surface area contributed by atoms with Gasteiger partial charge in [0.25, 0.3) is 0 Å². The first kappa shape index (κ1) is 12.4. The van der Waals surface area contributed by atoms with Crippen molar-refractivity contribution in [2.45, 2.75) is 0 Å². The summed E-state index contributed by atoms with van der Waals surface area (Å²) >= 11 is 1.44. The van der Waals surface area contributed by atoms with Crippen LogP contribution in [-0.4, -0.2) is 11.0 Å². The Morgan fingerprint density at radius 1 is 1.00 bits per heavy atom. The lowest BCUT2D eigenvalue weighted by atomic mass is 10.3. The summed E-state index contributed by atoms with van der Waals surface area (Å²) in [6.07, 6.45) is 0. The molecular formula is C14H12N4OS. The number of aromatic nitrogens is 1. The molecule has 0 aliphatic rings. The van der Waals surface area contributed by atoms with Crippen LogP contribution in [0.1, 0.15) is 0 Å². The molecule has 3 aromatic rings. The lowest BCUT2D eigenvalue weighted by molar-refractivity contribution is 0.254. The van der Waals surface area contributed by atoms with Crippen LogP contribution in [0.2, 0.25) is 0 Å². The number of benzene rings is 2. The standard InChI is InChI=1S/C14H12N4OS/c19-13(18-17-10-6-2-1-3-7-10)16-14-15-11-8-4-5-9-12(11)20-14/h1-9,17H,(H2,15,16,18,19). The number of carbonyl (C=O) groups excluding carboxylic acids is 1. The van der Waals surface area contributed by atoms with E-state index in [1.807, 2.05) is 54.6 Å². The second-order valence-corrected chi connectivity index (χ2v) is 5.09. The summed E-state index contributed by atoms with van der Waals surface area (Å²) in [4.78, 5) is 16.1. The molecule has 100 valence electrons. The summed E-state index contributed by atoms with van der Waals surface area (Å²) in [5.41, 5.74) is 7.06. The van der Waals surface area contributed by atoms with Gasteiger partial charge in [-0.2, -0.15) is 0 Å². The van der Waals surface area contributed by atoms with Gasteiger partial charge in [0.05, 0.1) is 15.9 Å². The lowest BCUT2D eigenvalue weighted by Crippen LogP contribution is -2.33. The third kappa shape index (κ3) is 2.86. The largest absolute Gasteiger partial charge is 0.339 e. The molecule has 0 atom stereocenters. The van der Waals surface area contributed by atoms with Crippen LogP contribution in [0.4, 0.5) is 15.6 Å². The summed E-state index contributed by atoms with van der Waals surface area (Å²) in [5.74, 6) is 0. The maximum atomic E-state index is 11.7. The van der Waals surface area contributed by atoms with Gasteiger partial charge in [-0.3, -0.25) is 16.2 Å². The SMILES string of the molecule is O=C(NNc1ccccc1)Nc1nc2ccccc2s1. The van der Waals surface area contributed by atoms with Crippen LogP contribution in [-0.2, 0) is 0 Å². The van der Waals surface area contributed by atoms with Gasteiger partial charge < -0.3 is 0 Å². The van der Waals surface area contributed by atoms with Gasteiger partial charge in [0, 0.05) is 0 Å². The van der Waals surface area contributed by atoms with E-state index in [0.29, 0.717) is 5.13 Å². The van der Waals surface area contributed by atoms with Crippen molar-refractivity contribution in [1.29, 1.82) is 0 Å². The van der Waals surface area contributed by atoms with Crippen molar-refractivity contribution in [2.24, 2.45) is 0 Å². The average Bonchev–Trinajstić information content (AvgIpc) is 2.88. The molecule has 2 amide bonds. The minimum absolute atomic E-state index is 0.354. The molecule has 0 aliphatic carbocycles. The van der Waals surface area contributed by atoms with E-state index in [1.54, 1.807) is 0 Å². The monoisotopic (exact) mass is 284 g/mol. The predicted molar refractivity (Wildman–Crippen MR) is 81.8 cm³/mol.